The predicted octanol–water partition coefficient (Wildman–Crippen LogP) is 3.20. The molecule has 0 radical (unpaired) electrons. The Balaban J connectivity index is 1.62. The van der Waals surface area contributed by atoms with Crippen LogP contribution in [0.2, 0.25) is 0 Å². The van der Waals surface area contributed by atoms with Crippen LogP contribution < -0.4 is 5.32 Å². The van der Waals surface area contributed by atoms with E-state index in [1.54, 1.807) is 15.9 Å². The van der Waals surface area contributed by atoms with E-state index < -0.39 is 0 Å². The van der Waals surface area contributed by atoms with Crippen LogP contribution in [0, 0.1) is 0 Å². The van der Waals surface area contributed by atoms with E-state index >= 15 is 0 Å². The van der Waals surface area contributed by atoms with Gasteiger partial charge in [-0.2, -0.15) is 4.52 Å². The number of thiophene rings is 1. The molecule has 7 nitrogen and oxygen atoms in total. The van der Waals surface area contributed by atoms with E-state index in [2.05, 4.69) is 46.8 Å². The number of ether oxygens (including phenoxy) is 1. The predicted molar refractivity (Wildman–Crippen MR) is 100 cm³/mol. The number of nitrogens with zero attached hydrogens (tertiary/aromatic N) is 5. The molecule has 0 saturated carbocycles. The van der Waals surface area contributed by atoms with Crippen LogP contribution in [0.15, 0.2) is 30.3 Å². The molecule has 1 aliphatic heterocycles. The van der Waals surface area contributed by atoms with Gasteiger partial charge in [-0.1, -0.05) is 30.3 Å². The molecule has 8 heteroatoms. The van der Waals surface area contributed by atoms with Crippen molar-refractivity contribution in [1.82, 2.24) is 25.0 Å². The Morgan fingerprint density at radius 3 is 2.96 bits per heavy atom. The average molecular weight is 366 g/mol. The number of aromatic nitrogens is 5. The molecular weight excluding hydrogens is 348 g/mol. The molecule has 26 heavy (non-hydrogen) atoms. The molecule has 132 valence electrons. The summed E-state index contributed by atoms with van der Waals surface area (Å²) in [5.41, 5.74) is 3.98. The lowest BCUT2D eigenvalue weighted by molar-refractivity contribution is -0.0379. The minimum atomic E-state index is -0.182. The van der Waals surface area contributed by atoms with Crippen LogP contribution in [0.5, 0.6) is 0 Å². The van der Waals surface area contributed by atoms with Gasteiger partial charge >= 0.3 is 0 Å². The van der Waals surface area contributed by atoms with E-state index in [4.69, 9.17) is 9.72 Å². The van der Waals surface area contributed by atoms with E-state index in [0.29, 0.717) is 19.1 Å². The first-order valence-electron chi connectivity index (χ1n) is 8.55. The zero-order chi connectivity index (χ0) is 17.7. The third-order valence-corrected chi connectivity index (χ3v) is 5.83. The highest BCUT2D eigenvalue weighted by Gasteiger charge is 2.31. The van der Waals surface area contributed by atoms with Crippen molar-refractivity contribution in [2.24, 2.45) is 0 Å². The first-order chi connectivity index (χ1) is 12.6. The second-order valence-electron chi connectivity index (χ2n) is 7.10. The Bertz CT molecular complexity index is 1100. The average Bonchev–Trinajstić information content (AvgIpc) is 3.24. The van der Waals surface area contributed by atoms with Gasteiger partial charge in [-0.25, -0.2) is 4.98 Å². The van der Waals surface area contributed by atoms with Gasteiger partial charge in [0, 0.05) is 17.8 Å². The number of benzene rings is 1. The lowest BCUT2D eigenvalue weighted by atomic mass is 9.95. The fourth-order valence-electron chi connectivity index (χ4n) is 3.32. The highest BCUT2D eigenvalue weighted by atomic mass is 32.1. The van der Waals surface area contributed by atoms with E-state index in [0.717, 1.165) is 22.3 Å². The molecule has 4 aromatic rings. The number of hydrogen-bond donors (Lipinski definition) is 1. The van der Waals surface area contributed by atoms with Gasteiger partial charge in [0.25, 0.3) is 0 Å². The second-order valence-corrected chi connectivity index (χ2v) is 8.20. The molecule has 5 rings (SSSR count). The summed E-state index contributed by atoms with van der Waals surface area (Å²) in [5.74, 6) is 0.659. The van der Waals surface area contributed by atoms with Crippen molar-refractivity contribution in [1.29, 1.82) is 0 Å². The van der Waals surface area contributed by atoms with Crippen LogP contribution in [0.3, 0.4) is 0 Å². The number of hydrogen-bond acceptors (Lipinski definition) is 7. The Morgan fingerprint density at radius 1 is 1.27 bits per heavy atom. The summed E-state index contributed by atoms with van der Waals surface area (Å²) in [6.45, 7) is 5.51. The van der Waals surface area contributed by atoms with Crippen LogP contribution in [0.4, 0.5) is 5.95 Å². The minimum Gasteiger partial charge on any atom is -0.370 e. The monoisotopic (exact) mass is 366 g/mol. The fourth-order valence-corrected chi connectivity index (χ4v) is 4.46. The van der Waals surface area contributed by atoms with Crippen molar-refractivity contribution in [3.63, 3.8) is 0 Å². The maximum Gasteiger partial charge on any atom is 0.228 e. The van der Waals surface area contributed by atoms with Crippen molar-refractivity contribution < 1.29 is 4.74 Å². The normalized spacial score (nSPS) is 16.1. The molecule has 0 atom stereocenters. The molecule has 1 N–H and O–H groups in total. The van der Waals surface area contributed by atoms with Crippen molar-refractivity contribution >= 4 is 33.1 Å². The minimum absolute atomic E-state index is 0.182. The summed E-state index contributed by atoms with van der Waals surface area (Å²) >= 11 is 1.68. The lowest BCUT2D eigenvalue weighted by Crippen LogP contribution is -2.31. The first-order valence-corrected chi connectivity index (χ1v) is 9.36. The van der Waals surface area contributed by atoms with Crippen LogP contribution >= 0.6 is 11.3 Å². The van der Waals surface area contributed by atoms with E-state index in [-0.39, 0.29) is 5.60 Å². The summed E-state index contributed by atoms with van der Waals surface area (Å²) in [6.07, 6.45) is 0.838. The molecule has 0 fully saturated rings. The molecule has 1 aliphatic rings. The molecular formula is C18H18N6OS. The number of rotatable bonds is 3. The van der Waals surface area contributed by atoms with Crippen LogP contribution in [0.25, 0.3) is 15.9 Å². The number of fused-ring (bicyclic) bond motifs is 5. The highest BCUT2D eigenvalue weighted by Crippen LogP contribution is 2.39. The maximum absolute atomic E-state index is 5.96. The Morgan fingerprint density at radius 2 is 2.12 bits per heavy atom. The lowest BCUT2D eigenvalue weighted by Gasteiger charge is -2.29. The van der Waals surface area contributed by atoms with Crippen molar-refractivity contribution in [3.8, 4) is 0 Å². The third kappa shape index (κ3) is 2.53. The Kier molecular flexibility index (Phi) is 3.44. The van der Waals surface area contributed by atoms with Gasteiger partial charge in [-0.3, -0.25) is 0 Å². The molecule has 0 amide bonds. The van der Waals surface area contributed by atoms with E-state index in [1.165, 1.54) is 16.0 Å². The van der Waals surface area contributed by atoms with Crippen LogP contribution in [0.1, 0.15) is 29.9 Å². The molecule has 0 spiro atoms. The number of tetrazole rings is 1. The van der Waals surface area contributed by atoms with E-state index in [1.807, 2.05) is 18.2 Å². The fraction of sp³-hybridized carbons (Fsp3) is 0.333. The summed E-state index contributed by atoms with van der Waals surface area (Å²) in [7, 11) is 0. The molecule has 1 aromatic carbocycles. The van der Waals surface area contributed by atoms with Crippen molar-refractivity contribution in [3.05, 3.63) is 46.3 Å². The van der Waals surface area contributed by atoms with Gasteiger partial charge in [0.2, 0.25) is 11.6 Å². The zero-order valence-corrected chi connectivity index (χ0v) is 15.4. The van der Waals surface area contributed by atoms with Crippen LogP contribution in [-0.2, 0) is 24.3 Å². The second kappa shape index (κ2) is 5.72. The van der Waals surface area contributed by atoms with Gasteiger partial charge in [0.1, 0.15) is 4.70 Å². The standard InChI is InChI=1S/C18H18N6OS/c1-18(2)8-12-13(10-25-18)26-15-14(12)20-17(24-16(15)21-22-23-24)19-9-11-6-4-3-5-7-11/h3-7H,8-10H2,1-2H3,(H,19,20). The Hall–Kier alpha value is -2.58. The van der Waals surface area contributed by atoms with Gasteiger partial charge in [0.15, 0.2) is 0 Å². The van der Waals surface area contributed by atoms with Gasteiger partial charge in [-0.15, -0.1) is 16.4 Å². The summed E-state index contributed by atoms with van der Waals surface area (Å²) in [6, 6.07) is 10.2. The number of nitrogens with one attached hydrogen (secondary N) is 1. The van der Waals surface area contributed by atoms with Gasteiger partial charge < -0.3 is 10.1 Å². The molecule has 0 unspecified atom stereocenters. The largest absolute Gasteiger partial charge is 0.370 e. The zero-order valence-electron chi connectivity index (χ0n) is 14.6. The molecule has 4 heterocycles. The van der Waals surface area contributed by atoms with Gasteiger partial charge in [0.05, 0.1) is 17.7 Å². The van der Waals surface area contributed by atoms with Crippen molar-refractivity contribution in [2.75, 3.05) is 5.32 Å². The quantitative estimate of drug-likeness (QED) is 0.600. The molecule has 0 bridgehead atoms. The smallest absolute Gasteiger partial charge is 0.228 e. The summed E-state index contributed by atoms with van der Waals surface area (Å²) in [5, 5.41) is 15.6. The molecule has 0 saturated heterocycles. The summed E-state index contributed by atoms with van der Waals surface area (Å²) in [4.78, 5) is 6.11. The highest BCUT2D eigenvalue weighted by molar-refractivity contribution is 7.20. The molecule has 0 aliphatic carbocycles. The summed E-state index contributed by atoms with van der Waals surface area (Å²) < 4.78 is 8.66. The topological polar surface area (TPSA) is 77.2 Å². The maximum atomic E-state index is 5.96. The van der Waals surface area contributed by atoms with Gasteiger partial charge in [-0.05, 0) is 35.4 Å². The third-order valence-electron chi connectivity index (χ3n) is 4.64. The first kappa shape index (κ1) is 15.7. The van der Waals surface area contributed by atoms with E-state index in [9.17, 15) is 0 Å². The Labute approximate surface area is 154 Å². The number of anilines is 1. The van der Waals surface area contributed by atoms with Crippen LogP contribution in [-0.4, -0.2) is 30.6 Å². The SMILES string of the molecule is CC1(C)Cc2c(sc3c2nc(NCc2ccccc2)n2nnnc32)CO1. The molecule has 3 aromatic heterocycles. The van der Waals surface area contributed by atoms with Crippen molar-refractivity contribution in [2.45, 2.75) is 39.0 Å².